The molecule has 2 rings (SSSR count). The molecule has 1 amide bonds. The second-order valence-corrected chi connectivity index (χ2v) is 6.07. The Kier molecular flexibility index (Phi) is 6.60. The summed E-state index contributed by atoms with van der Waals surface area (Å²) in [6, 6.07) is 5.23. The van der Waals surface area contributed by atoms with Crippen LogP contribution in [0.1, 0.15) is 12.0 Å². The maximum absolute atomic E-state index is 11.9. The Bertz CT molecular complexity index is 507. The molecule has 0 N–H and O–H groups in total. The normalized spacial score (nSPS) is 19.3. The average Bonchev–Trinajstić information content (AvgIpc) is 2.28. The zero-order valence-corrected chi connectivity index (χ0v) is 16.1. The van der Waals surface area contributed by atoms with Crippen LogP contribution in [0, 0.1) is 6.08 Å². The monoisotopic (exact) mass is 469 g/mol. The number of amides is 1. The molecule has 0 saturated carbocycles. The average molecular weight is 470 g/mol. The molecule has 1 atom stereocenters. The van der Waals surface area contributed by atoms with Gasteiger partial charge in [0.25, 0.3) is 0 Å². The first-order valence-electron chi connectivity index (χ1n) is 4.98. The molecule has 1 aliphatic rings. The van der Waals surface area contributed by atoms with Crippen molar-refractivity contribution in [3.8, 4) is 0 Å². The van der Waals surface area contributed by atoms with Crippen molar-refractivity contribution in [3.63, 3.8) is 0 Å². The minimum absolute atomic E-state index is 0. The van der Waals surface area contributed by atoms with Gasteiger partial charge in [0.15, 0.2) is 0 Å². The van der Waals surface area contributed by atoms with Gasteiger partial charge in [0, 0.05) is 44.8 Å². The predicted octanol–water partition coefficient (Wildman–Crippen LogP) is 3.80. The van der Waals surface area contributed by atoms with Crippen LogP contribution in [0.25, 0.3) is 5.70 Å². The fourth-order valence-electron chi connectivity index (χ4n) is 1.67. The van der Waals surface area contributed by atoms with E-state index >= 15 is 0 Å². The van der Waals surface area contributed by atoms with Crippen molar-refractivity contribution in [3.05, 3.63) is 39.9 Å². The number of hydrogen-bond acceptors (Lipinski definition) is 1. The van der Waals surface area contributed by atoms with Crippen LogP contribution in [0.15, 0.2) is 18.2 Å². The molecule has 2 nitrogen and oxygen atoms in total. The summed E-state index contributed by atoms with van der Waals surface area (Å²) in [4.78, 5) is 13.5. The summed E-state index contributed by atoms with van der Waals surface area (Å²) in [5.41, 5.74) is 1.51. The summed E-state index contributed by atoms with van der Waals surface area (Å²) in [5.74, 6) is 0.0744. The summed E-state index contributed by atoms with van der Waals surface area (Å²) in [6.07, 6.45) is 3.82. The van der Waals surface area contributed by atoms with Gasteiger partial charge in [0.2, 0.25) is 5.91 Å². The van der Waals surface area contributed by atoms with Gasteiger partial charge in [-0.25, -0.2) is 6.08 Å². The molecule has 1 heterocycles. The molecular formula is C12H9Cl2INOY-. The summed E-state index contributed by atoms with van der Waals surface area (Å²) < 4.78 is -0.0487. The number of alkyl halides is 1. The minimum atomic E-state index is -0.0487. The second kappa shape index (κ2) is 7.03. The van der Waals surface area contributed by atoms with Crippen molar-refractivity contribution in [1.29, 1.82) is 0 Å². The standard InChI is InChI=1S/C12H9Cl2INO.Y/c1-16-11(5-4-10(15)12(16)17)8-3-2-7(13)6-9(8)14;/h2-3,6,10H,4H2,1H3;/q-1;. The first-order valence-corrected chi connectivity index (χ1v) is 6.98. The Hall–Kier alpha value is 0.844. The number of benzene rings is 1. The third kappa shape index (κ3) is 3.48. The zero-order chi connectivity index (χ0) is 12.6. The van der Waals surface area contributed by atoms with E-state index in [1.165, 1.54) is 0 Å². The molecular weight excluding hydrogens is 461 g/mol. The summed E-state index contributed by atoms with van der Waals surface area (Å²) >= 11 is 14.1. The van der Waals surface area contributed by atoms with Crippen LogP contribution in [0.4, 0.5) is 0 Å². The Morgan fingerprint density at radius 2 is 2.11 bits per heavy atom. The number of rotatable bonds is 1. The van der Waals surface area contributed by atoms with E-state index in [0.29, 0.717) is 16.5 Å². The topological polar surface area (TPSA) is 20.3 Å². The molecule has 0 spiro atoms. The number of hydrogen-bond donors (Lipinski definition) is 0. The first-order chi connectivity index (χ1) is 8.00. The molecule has 0 saturated heterocycles. The molecule has 1 aromatic carbocycles. The van der Waals surface area contributed by atoms with E-state index in [1.54, 1.807) is 24.1 Å². The maximum atomic E-state index is 11.9. The van der Waals surface area contributed by atoms with Crippen molar-refractivity contribution in [2.24, 2.45) is 0 Å². The van der Waals surface area contributed by atoms with Crippen molar-refractivity contribution in [2.75, 3.05) is 7.05 Å². The Morgan fingerprint density at radius 3 is 2.72 bits per heavy atom. The van der Waals surface area contributed by atoms with Crippen LogP contribution < -0.4 is 0 Å². The molecule has 1 aromatic rings. The van der Waals surface area contributed by atoms with Gasteiger partial charge >= 0.3 is 0 Å². The quantitative estimate of drug-likeness (QED) is 0.348. The second-order valence-electron chi connectivity index (χ2n) is 3.72. The van der Waals surface area contributed by atoms with Gasteiger partial charge in [-0.3, -0.25) is 4.79 Å². The van der Waals surface area contributed by atoms with E-state index in [-0.39, 0.29) is 42.5 Å². The van der Waals surface area contributed by atoms with Crippen molar-refractivity contribution >= 4 is 57.4 Å². The molecule has 1 radical (unpaired) electrons. The summed E-state index contributed by atoms with van der Waals surface area (Å²) in [5, 5.41) is 1.11. The van der Waals surface area contributed by atoms with E-state index in [9.17, 15) is 4.79 Å². The van der Waals surface area contributed by atoms with Gasteiger partial charge in [-0.15, -0.1) is 28.9 Å². The number of nitrogens with zero attached hydrogens (tertiary/aromatic N) is 1. The molecule has 18 heavy (non-hydrogen) atoms. The first kappa shape index (κ1) is 16.9. The van der Waals surface area contributed by atoms with Crippen LogP contribution in [0.3, 0.4) is 0 Å². The fraction of sp³-hybridized carbons (Fsp3) is 0.250. The van der Waals surface area contributed by atoms with Crippen LogP contribution in [0.2, 0.25) is 10.0 Å². The van der Waals surface area contributed by atoms with E-state index < -0.39 is 0 Å². The van der Waals surface area contributed by atoms with Crippen LogP contribution in [-0.2, 0) is 37.5 Å². The maximum Gasteiger partial charge on any atom is 0.235 e. The molecule has 0 bridgehead atoms. The van der Waals surface area contributed by atoms with Gasteiger partial charge < -0.3 is 4.90 Å². The van der Waals surface area contributed by atoms with E-state index in [2.05, 4.69) is 28.7 Å². The van der Waals surface area contributed by atoms with Crippen molar-refractivity contribution < 1.29 is 37.5 Å². The minimum Gasteiger partial charge on any atom is -0.350 e. The molecule has 0 aliphatic carbocycles. The fourth-order valence-corrected chi connectivity index (χ4v) is 2.81. The Morgan fingerprint density at radius 1 is 1.44 bits per heavy atom. The SMILES string of the molecule is CN1C(=O)C(I)C[C-]=C1c1ccc(Cl)cc1Cl.[Y]. The smallest absolute Gasteiger partial charge is 0.235 e. The molecule has 1 aliphatic heterocycles. The van der Waals surface area contributed by atoms with E-state index in [1.807, 2.05) is 6.07 Å². The third-order valence-electron chi connectivity index (χ3n) is 2.57. The summed E-state index contributed by atoms with van der Waals surface area (Å²) in [7, 11) is 1.74. The Balaban J connectivity index is 0.00000162. The van der Waals surface area contributed by atoms with Gasteiger partial charge in [-0.2, -0.15) is 0 Å². The number of allylic oxidation sites excluding steroid dienone is 1. The molecule has 93 valence electrons. The van der Waals surface area contributed by atoms with Crippen LogP contribution in [0.5, 0.6) is 0 Å². The van der Waals surface area contributed by atoms with Gasteiger partial charge in [-0.05, 0) is 11.1 Å². The van der Waals surface area contributed by atoms with Crippen molar-refractivity contribution in [2.45, 2.75) is 10.3 Å². The Labute approximate surface area is 155 Å². The van der Waals surface area contributed by atoms with Crippen LogP contribution >= 0.6 is 45.8 Å². The third-order valence-corrected chi connectivity index (χ3v) is 4.09. The molecule has 0 fully saturated rings. The largest absolute Gasteiger partial charge is 0.350 e. The molecule has 1 unspecified atom stereocenters. The summed E-state index contributed by atoms with van der Waals surface area (Å²) in [6.45, 7) is 0. The van der Waals surface area contributed by atoms with Gasteiger partial charge in [-0.1, -0.05) is 46.7 Å². The number of carbonyl (C=O) groups excluding carboxylic acids is 1. The number of carbonyl (C=O) groups is 1. The van der Waals surface area contributed by atoms with Crippen LogP contribution in [-0.4, -0.2) is 21.8 Å². The molecule has 6 heteroatoms. The zero-order valence-electron chi connectivity index (χ0n) is 9.58. The van der Waals surface area contributed by atoms with Crippen molar-refractivity contribution in [1.82, 2.24) is 4.90 Å². The van der Waals surface area contributed by atoms with E-state index in [4.69, 9.17) is 23.2 Å². The molecule has 0 aromatic heterocycles. The van der Waals surface area contributed by atoms with E-state index in [0.717, 1.165) is 11.3 Å². The number of halogens is 3. The van der Waals surface area contributed by atoms with Gasteiger partial charge in [0.05, 0.1) is 3.92 Å². The predicted molar refractivity (Wildman–Crippen MR) is 78.3 cm³/mol. The van der Waals surface area contributed by atoms with Gasteiger partial charge in [0.1, 0.15) is 0 Å².